The summed E-state index contributed by atoms with van der Waals surface area (Å²) in [5.41, 5.74) is 5.28. The predicted molar refractivity (Wildman–Crippen MR) is 107 cm³/mol. The number of nitrogens with zero attached hydrogens (tertiary/aromatic N) is 2. The van der Waals surface area contributed by atoms with Crippen molar-refractivity contribution in [2.24, 2.45) is 0 Å². The van der Waals surface area contributed by atoms with E-state index in [-0.39, 0.29) is 12.3 Å². The first-order valence-corrected chi connectivity index (χ1v) is 8.98. The molecule has 26 heavy (non-hydrogen) atoms. The molecule has 134 valence electrons. The molecule has 0 unspecified atom stereocenters. The number of hydrogen-bond acceptors (Lipinski definition) is 2. The van der Waals surface area contributed by atoms with Gasteiger partial charge < -0.3 is 5.32 Å². The number of carbonyl (C=O) groups excluding carboxylic acids is 1. The largest absolute Gasteiger partial charge is 0.326 e. The average molecular weight is 388 g/mol. The maximum absolute atomic E-state index is 12.5. The summed E-state index contributed by atoms with van der Waals surface area (Å²) in [4.78, 5) is 12.5. The van der Waals surface area contributed by atoms with Crippen molar-refractivity contribution in [1.29, 1.82) is 0 Å². The summed E-state index contributed by atoms with van der Waals surface area (Å²) >= 11 is 12.0. The molecule has 0 aliphatic rings. The van der Waals surface area contributed by atoms with E-state index in [0.717, 1.165) is 33.9 Å². The van der Waals surface area contributed by atoms with E-state index in [1.165, 1.54) is 0 Å². The SMILES string of the molecule is Cc1ccc(Cl)cc1NC(=O)Cc1c(C)nn(-c2ccc(Cl)cc2)c1C. The third-order valence-electron chi connectivity index (χ3n) is 4.32. The zero-order chi connectivity index (χ0) is 18.8. The highest BCUT2D eigenvalue weighted by molar-refractivity contribution is 6.31. The second kappa shape index (κ2) is 7.52. The molecule has 6 heteroatoms. The summed E-state index contributed by atoms with van der Waals surface area (Å²) in [6.45, 7) is 5.80. The topological polar surface area (TPSA) is 46.9 Å². The zero-order valence-electron chi connectivity index (χ0n) is 14.8. The van der Waals surface area contributed by atoms with Crippen molar-refractivity contribution in [3.63, 3.8) is 0 Å². The lowest BCUT2D eigenvalue weighted by Crippen LogP contribution is -2.16. The molecule has 0 spiro atoms. The maximum atomic E-state index is 12.5. The highest BCUT2D eigenvalue weighted by Gasteiger charge is 2.16. The third-order valence-corrected chi connectivity index (χ3v) is 4.81. The van der Waals surface area contributed by atoms with Gasteiger partial charge in [0, 0.05) is 27.0 Å². The van der Waals surface area contributed by atoms with Gasteiger partial charge in [-0.25, -0.2) is 4.68 Å². The first-order chi connectivity index (χ1) is 12.3. The Morgan fingerprint density at radius 1 is 1.04 bits per heavy atom. The summed E-state index contributed by atoms with van der Waals surface area (Å²) in [6, 6.07) is 12.9. The number of hydrogen-bond donors (Lipinski definition) is 1. The summed E-state index contributed by atoms with van der Waals surface area (Å²) < 4.78 is 1.83. The smallest absolute Gasteiger partial charge is 0.228 e. The number of halogens is 2. The molecule has 0 fully saturated rings. The fraction of sp³-hybridized carbons (Fsp3) is 0.200. The number of rotatable bonds is 4. The van der Waals surface area contributed by atoms with E-state index >= 15 is 0 Å². The maximum Gasteiger partial charge on any atom is 0.228 e. The molecule has 0 radical (unpaired) electrons. The second-order valence-electron chi connectivity index (χ2n) is 6.22. The van der Waals surface area contributed by atoms with Crippen LogP contribution in [0.25, 0.3) is 5.69 Å². The van der Waals surface area contributed by atoms with Crippen LogP contribution in [-0.2, 0) is 11.2 Å². The van der Waals surface area contributed by atoms with Crippen molar-refractivity contribution in [3.05, 3.63) is 75.0 Å². The normalized spacial score (nSPS) is 10.8. The molecule has 1 amide bonds. The zero-order valence-corrected chi connectivity index (χ0v) is 16.3. The van der Waals surface area contributed by atoms with Gasteiger partial charge in [-0.2, -0.15) is 5.10 Å². The van der Waals surface area contributed by atoms with Crippen LogP contribution in [0.2, 0.25) is 10.0 Å². The van der Waals surface area contributed by atoms with Gasteiger partial charge in [0.2, 0.25) is 5.91 Å². The predicted octanol–water partition coefficient (Wildman–Crippen LogP) is 5.29. The number of aryl methyl sites for hydroxylation is 2. The lowest BCUT2D eigenvalue weighted by atomic mass is 10.1. The molecule has 4 nitrogen and oxygen atoms in total. The fourth-order valence-electron chi connectivity index (χ4n) is 2.85. The molecule has 0 aliphatic heterocycles. The van der Waals surface area contributed by atoms with Crippen molar-refractivity contribution in [1.82, 2.24) is 9.78 Å². The van der Waals surface area contributed by atoms with Crippen molar-refractivity contribution in [3.8, 4) is 5.69 Å². The summed E-state index contributed by atoms with van der Waals surface area (Å²) in [5, 5.41) is 8.77. The Kier molecular flexibility index (Phi) is 5.35. The van der Waals surface area contributed by atoms with Gasteiger partial charge in [-0.1, -0.05) is 29.3 Å². The molecule has 0 aliphatic carbocycles. The highest BCUT2D eigenvalue weighted by Crippen LogP contribution is 2.23. The lowest BCUT2D eigenvalue weighted by Gasteiger charge is -2.09. The number of anilines is 1. The van der Waals surface area contributed by atoms with Gasteiger partial charge in [0.15, 0.2) is 0 Å². The van der Waals surface area contributed by atoms with Crippen LogP contribution in [0.3, 0.4) is 0 Å². The number of nitrogens with one attached hydrogen (secondary N) is 1. The minimum atomic E-state index is -0.0998. The Labute approximate surface area is 162 Å². The molecule has 1 heterocycles. The monoisotopic (exact) mass is 387 g/mol. The molecule has 3 aromatic rings. The molecule has 0 saturated heterocycles. The second-order valence-corrected chi connectivity index (χ2v) is 7.09. The van der Waals surface area contributed by atoms with Crippen LogP contribution in [0.15, 0.2) is 42.5 Å². The Morgan fingerprint density at radius 2 is 1.69 bits per heavy atom. The van der Waals surface area contributed by atoms with E-state index < -0.39 is 0 Å². The molecule has 1 aromatic heterocycles. The van der Waals surface area contributed by atoms with E-state index in [0.29, 0.717) is 10.0 Å². The number of aromatic nitrogens is 2. The van der Waals surface area contributed by atoms with Crippen molar-refractivity contribution in [2.45, 2.75) is 27.2 Å². The van der Waals surface area contributed by atoms with Crippen LogP contribution >= 0.6 is 23.2 Å². The van der Waals surface area contributed by atoms with E-state index in [2.05, 4.69) is 10.4 Å². The Bertz CT molecular complexity index is 962. The van der Waals surface area contributed by atoms with Crippen molar-refractivity contribution in [2.75, 3.05) is 5.32 Å². The molecule has 0 saturated carbocycles. The van der Waals surface area contributed by atoms with Gasteiger partial charge in [0.25, 0.3) is 0 Å². The van der Waals surface area contributed by atoms with Gasteiger partial charge in [0.1, 0.15) is 0 Å². The molecular formula is C20H19Cl2N3O. The van der Waals surface area contributed by atoms with E-state index in [9.17, 15) is 4.79 Å². The minimum absolute atomic E-state index is 0.0998. The average Bonchev–Trinajstić information content (AvgIpc) is 2.87. The Morgan fingerprint density at radius 3 is 2.38 bits per heavy atom. The quantitative estimate of drug-likeness (QED) is 0.661. The van der Waals surface area contributed by atoms with Gasteiger partial charge >= 0.3 is 0 Å². The Hall–Kier alpha value is -2.30. The van der Waals surface area contributed by atoms with Crippen LogP contribution in [0.1, 0.15) is 22.5 Å². The van der Waals surface area contributed by atoms with E-state index in [4.69, 9.17) is 23.2 Å². The van der Waals surface area contributed by atoms with Crippen molar-refractivity contribution < 1.29 is 4.79 Å². The van der Waals surface area contributed by atoms with Gasteiger partial charge in [0.05, 0.1) is 17.8 Å². The van der Waals surface area contributed by atoms with Crippen LogP contribution in [0.5, 0.6) is 0 Å². The fourth-order valence-corrected chi connectivity index (χ4v) is 3.15. The highest BCUT2D eigenvalue weighted by atomic mass is 35.5. The van der Waals surface area contributed by atoms with Crippen LogP contribution in [0, 0.1) is 20.8 Å². The molecule has 2 aromatic carbocycles. The third kappa shape index (κ3) is 3.92. The first-order valence-electron chi connectivity index (χ1n) is 8.22. The number of amides is 1. The number of benzene rings is 2. The molecular weight excluding hydrogens is 369 g/mol. The molecule has 1 N–H and O–H groups in total. The molecule has 0 atom stereocenters. The van der Waals surface area contributed by atoms with E-state index in [1.807, 2.05) is 55.8 Å². The molecule has 3 rings (SSSR count). The molecule has 0 bridgehead atoms. The first kappa shape index (κ1) is 18.5. The standard InChI is InChI=1S/C20H19Cl2N3O/c1-12-4-5-16(22)10-19(12)23-20(26)11-18-13(2)24-25(14(18)3)17-8-6-15(21)7-9-17/h4-10H,11H2,1-3H3,(H,23,26). The van der Waals surface area contributed by atoms with Crippen LogP contribution in [0.4, 0.5) is 5.69 Å². The summed E-state index contributed by atoms with van der Waals surface area (Å²) in [6.07, 6.45) is 0.247. The lowest BCUT2D eigenvalue weighted by molar-refractivity contribution is -0.115. The van der Waals surface area contributed by atoms with E-state index in [1.54, 1.807) is 12.1 Å². The van der Waals surface area contributed by atoms with Gasteiger partial charge in [-0.05, 0) is 62.7 Å². The minimum Gasteiger partial charge on any atom is -0.326 e. The summed E-state index contributed by atoms with van der Waals surface area (Å²) in [5.74, 6) is -0.0998. The van der Waals surface area contributed by atoms with Crippen LogP contribution in [-0.4, -0.2) is 15.7 Å². The van der Waals surface area contributed by atoms with Gasteiger partial charge in [-0.3, -0.25) is 4.79 Å². The van der Waals surface area contributed by atoms with Crippen LogP contribution < -0.4 is 5.32 Å². The van der Waals surface area contributed by atoms with Gasteiger partial charge in [-0.15, -0.1) is 0 Å². The Balaban J connectivity index is 1.82. The number of carbonyl (C=O) groups is 1. The summed E-state index contributed by atoms with van der Waals surface area (Å²) in [7, 11) is 0. The van der Waals surface area contributed by atoms with Crippen molar-refractivity contribution >= 4 is 34.8 Å².